The molecule has 28 heavy (non-hydrogen) atoms. The van der Waals surface area contributed by atoms with Gasteiger partial charge in [0.2, 0.25) is 0 Å². The predicted octanol–water partition coefficient (Wildman–Crippen LogP) is 1.97. The van der Waals surface area contributed by atoms with Gasteiger partial charge in [-0.15, -0.1) is 0 Å². The minimum Gasteiger partial charge on any atom is -0.494 e. The molecule has 8 heteroatoms. The minimum atomic E-state index is -0.564. The van der Waals surface area contributed by atoms with Crippen molar-refractivity contribution in [2.24, 2.45) is 0 Å². The number of benzene rings is 1. The van der Waals surface area contributed by atoms with E-state index in [0.29, 0.717) is 31.9 Å². The van der Waals surface area contributed by atoms with Gasteiger partial charge in [-0.1, -0.05) is 0 Å². The molecule has 1 aromatic carbocycles. The zero-order valence-corrected chi connectivity index (χ0v) is 15.9. The standard InChI is InChI=1S/C20H23FN4O3/c1-28-18-6-5-14(12-16(18)21)19(26)23-8-10-24(11-9-23)20(27)17-13-15-4-2-3-7-25(15)22-17/h5-6,12-13H,2-4,7-11H2,1H3. The summed E-state index contributed by atoms with van der Waals surface area (Å²) in [5.41, 5.74) is 1.87. The second-order valence-electron chi connectivity index (χ2n) is 7.13. The van der Waals surface area contributed by atoms with Crippen molar-refractivity contribution in [1.29, 1.82) is 0 Å². The highest BCUT2D eigenvalue weighted by Crippen LogP contribution is 2.20. The highest BCUT2D eigenvalue weighted by molar-refractivity contribution is 5.95. The van der Waals surface area contributed by atoms with Gasteiger partial charge >= 0.3 is 0 Å². The smallest absolute Gasteiger partial charge is 0.274 e. The Hall–Kier alpha value is -2.90. The van der Waals surface area contributed by atoms with E-state index in [1.165, 1.54) is 19.2 Å². The molecule has 0 aliphatic carbocycles. The van der Waals surface area contributed by atoms with Crippen LogP contribution in [0.5, 0.6) is 5.75 Å². The molecular weight excluding hydrogens is 363 g/mol. The average molecular weight is 386 g/mol. The molecule has 0 saturated carbocycles. The van der Waals surface area contributed by atoms with Gasteiger partial charge < -0.3 is 14.5 Å². The van der Waals surface area contributed by atoms with E-state index in [4.69, 9.17) is 4.74 Å². The van der Waals surface area contributed by atoms with Gasteiger partial charge in [-0.3, -0.25) is 14.3 Å². The third kappa shape index (κ3) is 3.46. The average Bonchev–Trinajstić information content (AvgIpc) is 3.17. The Morgan fingerprint density at radius 1 is 1.00 bits per heavy atom. The third-order valence-electron chi connectivity index (χ3n) is 5.39. The molecule has 0 radical (unpaired) electrons. The maximum absolute atomic E-state index is 13.9. The minimum absolute atomic E-state index is 0.0931. The summed E-state index contributed by atoms with van der Waals surface area (Å²) >= 11 is 0. The van der Waals surface area contributed by atoms with Gasteiger partial charge in [0.05, 0.1) is 7.11 Å². The lowest BCUT2D eigenvalue weighted by Crippen LogP contribution is -2.50. The van der Waals surface area contributed by atoms with Crippen LogP contribution in [0, 0.1) is 5.82 Å². The fourth-order valence-electron chi connectivity index (χ4n) is 3.78. The van der Waals surface area contributed by atoms with E-state index in [-0.39, 0.29) is 23.1 Å². The van der Waals surface area contributed by atoms with Crippen LogP contribution in [-0.2, 0) is 13.0 Å². The second kappa shape index (κ2) is 7.61. The van der Waals surface area contributed by atoms with Gasteiger partial charge in [-0.25, -0.2) is 4.39 Å². The van der Waals surface area contributed by atoms with E-state index in [1.54, 1.807) is 15.9 Å². The van der Waals surface area contributed by atoms with E-state index >= 15 is 0 Å². The number of amides is 2. The SMILES string of the molecule is COc1ccc(C(=O)N2CCN(C(=O)c3cc4n(n3)CCCC4)CC2)cc1F. The molecule has 148 valence electrons. The van der Waals surface area contributed by atoms with Crippen molar-refractivity contribution in [2.75, 3.05) is 33.3 Å². The largest absolute Gasteiger partial charge is 0.494 e. The molecule has 7 nitrogen and oxygen atoms in total. The Labute approximate surface area is 162 Å². The zero-order chi connectivity index (χ0) is 19.7. The predicted molar refractivity (Wildman–Crippen MR) is 99.9 cm³/mol. The van der Waals surface area contributed by atoms with Crippen LogP contribution in [0.1, 0.15) is 39.4 Å². The van der Waals surface area contributed by atoms with Gasteiger partial charge in [0.25, 0.3) is 11.8 Å². The first-order valence-electron chi connectivity index (χ1n) is 9.55. The summed E-state index contributed by atoms with van der Waals surface area (Å²) in [5.74, 6) is -0.795. The highest BCUT2D eigenvalue weighted by Gasteiger charge is 2.28. The molecule has 0 atom stereocenters. The first-order chi connectivity index (χ1) is 13.6. The number of nitrogens with zero attached hydrogens (tertiary/aromatic N) is 4. The third-order valence-corrected chi connectivity index (χ3v) is 5.39. The number of aromatic nitrogens is 2. The quantitative estimate of drug-likeness (QED) is 0.809. The summed E-state index contributed by atoms with van der Waals surface area (Å²) in [6.07, 6.45) is 3.18. The van der Waals surface area contributed by atoms with Crippen molar-refractivity contribution in [1.82, 2.24) is 19.6 Å². The summed E-state index contributed by atoms with van der Waals surface area (Å²) < 4.78 is 20.7. The Balaban J connectivity index is 1.38. The number of hydrogen-bond donors (Lipinski definition) is 0. The van der Waals surface area contributed by atoms with Gasteiger partial charge in [0.15, 0.2) is 17.3 Å². The Morgan fingerprint density at radius 3 is 2.36 bits per heavy atom. The highest BCUT2D eigenvalue weighted by atomic mass is 19.1. The molecule has 2 aliphatic rings. The van der Waals surface area contributed by atoms with Crippen LogP contribution < -0.4 is 4.74 Å². The number of methoxy groups -OCH3 is 1. The van der Waals surface area contributed by atoms with Crippen molar-refractivity contribution < 1.29 is 18.7 Å². The molecule has 1 saturated heterocycles. The maximum Gasteiger partial charge on any atom is 0.274 e. The molecule has 0 spiro atoms. The van der Waals surface area contributed by atoms with Gasteiger partial charge in [0.1, 0.15) is 0 Å². The van der Waals surface area contributed by atoms with Crippen molar-refractivity contribution in [3.8, 4) is 5.75 Å². The fraction of sp³-hybridized carbons (Fsp3) is 0.450. The lowest BCUT2D eigenvalue weighted by molar-refractivity contribution is 0.0531. The molecule has 2 amide bonds. The number of fused-ring (bicyclic) bond motifs is 1. The Bertz CT molecular complexity index is 879. The summed E-state index contributed by atoms with van der Waals surface area (Å²) in [5, 5.41) is 4.45. The maximum atomic E-state index is 13.9. The van der Waals surface area contributed by atoms with Crippen LogP contribution in [-0.4, -0.2) is 64.7 Å². The monoisotopic (exact) mass is 386 g/mol. The molecule has 4 rings (SSSR count). The van der Waals surface area contributed by atoms with Crippen LogP contribution in [0.3, 0.4) is 0 Å². The summed E-state index contributed by atoms with van der Waals surface area (Å²) in [7, 11) is 1.38. The van der Waals surface area contributed by atoms with Crippen molar-refractivity contribution in [3.05, 3.63) is 47.0 Å². The second-order valence-corrected chi connectivity index (χ2v) is 7.13. The van der Waals surface area contributed by atoms with Crippen LogP contribution in [0.2, 0.25) is 0 Å². The molecular formula is C20H23FN4O3. The number of halogens is 1. The van der Waals surface area contributed by atoms with Crippen molar-refractivity contribution in [2.45, 2.75) is 25.8 Å². The Kier molecular flexibility index (Phi) is 5.02. The fourth-order valence-corrected chi connectivity index (χ4v) is 3.78. The van der Waals surface area contributed by atoms with E-state index < -0.39 is 5.82 Å². The summed E-state index contributed by atoms with van der Waals surface area (Å²) in [6.45, 7) is 2.55. The molecule has 2 aromatic rings. The zero-order valence-electron chi connectivity index (χ0n) is 15.9. The van der Waals surface area contributed by atoms with E-state index in [2.05, 4.69) is 5.10 Å². The molecule has 0 bridgehead atoms. The van der Waals surface area contributed by atoms with Gasteiger partial charge in [-0.2, -0.15) is 5.10 Å². The number of hydrogen-bond acceptors (Lipinski definition) is 4. The van der Waals surface area contributed by atoms with Crippen molar-refractivity contribution >= 4 is 11.8 Å². The number of ether oxygens (including phenoxy) is 1. The molecule has 1 fully saturated rings. The lowest BCUT2D eigenvalue weighted by atomic mass is 10.1. The van der Waals surface area contributed by atoms with Crippen LogP contribution in [0.4, 0.5) is 4.39 Å². The van der Waals surface area contributed by atoms with E-state index in [1.807, 2.05) is 10.7 Å². The number of rotatable bonds is 3. The normalized spacial score (nSPS) is 16.6. The topological polar surface area (TPSA) is 67.7 Å². The lowest BCUT2D eigenvalue weighted by Gasteiger charge is -2.34. The summed E-state index contributed by atoms with van der Waals surface area (Å²) in [6, 6.07) is 6.08. The van der Waals surface area contributed by atoms with E-state index in [0.717, 1.165) is 31.5 Å². The Morgan fingerprint density at radius 2 is 1.71 bits per heavy atom. The molecule has 2 aliphatic heterocycles. The van der Waals surface area contributed by atoms with E-state index in [9.17, 15) is 14.0 Å². The first kappa shape index (κ1) is 18.5. The van der Waals surface area contributed by atoms with Gasteiger partial charge in [-0.05, 0) is 43.5 Å². The first-order valence-corrected chi connectivity index (χ1v) is 9.55. The van der Waals surface area contributed by atoms with Crippen molar-refractivity contribution in [3.63, 3.8) is 0 Å². The number of piperazine rings is 1. The number of carbonyl (C=O) groups is 2. The molecule has 3 heterocycles. The molecule has 0 unspecified atom stereocenters. The van der Waals surface area contributed by atoms with Crippen LogP contribution >= 0.6 is 0 Å². The molecule has 1 aromatic heterocycles. The van der Waals surface area contributed by atoms with Crippen LogP contribution in [0.15, 0.2) is 24.3 Å². The van der Waals surface area contributed by atoms with Gasteiger partial charge in [0, 0.05) is 44.0 Å². The molecule has 0 N–H and O–H groups in total. The summed E-state index contributed by atoms with van der Waals surface area (Å²) in [4.78, 5) is 28.8. The van der Waals surface area contributed by atoms with Crippen LogP contribution in [0.25, 0.3) is 0 Å². The number of carbonyl (C=O) groups excluding carboxylic acids is 2. The number of aryl methyl sites for hydroxylation is 2.